The lowest BCUT2D eigenvalue weighted by Crippen LogP contribution is -2.30. The summed E-state index contributed by atoms with van der Waals surface area (Å²) < 4.78 is 13.5. The van der Waals surface area contributed by atoms with Gasteiger partial charge in [0.2, 0.25) is 0 Å². The molecule has 2 N–H and O–H groups in total. The van der Waals surface area contributed by atoms with Crippen LogP contribution >= 0.6 is 11.6 Å². The van der Waals surface area contributed by atoms with Gasteiger partial charge < -0.3 is 10.6 Å². The van der Waals surface area contributed by atoms with Crippen molar-refractivity contribution in [3.63, 3.8) is 0 Å². The van der Waals surface area contributed by atoms with Gasteiger partial charge in [-0.25, -0.2) is 4.39 Å². The van der Waals surface area contributed by atoms with E-state index in [9.17, 15) is 9.18 Å². The van der Waals surface area contributed by atoms with Gasteiger partial charge in [-0.15, -0.1) is 0 Å². The topological polar surface area (TPSA) is 46.3 Å². The molecule has 5 heteroatoms. The van der Waals surface area contributed by atoms with Crippen LogP contribution in [-0.2, 0) is 0 Å². The predicted molar refractivity (Wildman–Crippen MR) is 82.8 cm³/mol. The molecular formula is C16H16ClFN2O. The molecule has 0 saturated heterocycles. The molecular weight excluding hydrogens is 291 g/mol. The van der Waals surface area contributed by atoms with Gasteiger partial charge in [0.1, 0.15) is 5.82 Å². The molecule has 0 aliphatic carbocycles. The second kappa shape index (κ2) is 6.14. The second-order valence-electron chi connectivity index (χ2n) is 4.85. The van der Waals surface area contributed by atoms with Crippen LogP contribution in [0, 0.1) is 5.82 Å². The molecule has 0 heterocycles. The van der Waals surface area contributed by atoms with Crippen LogP contribution in [0.25, 0.3) is 0 Å². The zero-order valence-electron chi connectivity index (χ0n) is 11.8. The Bertz CT molecular complexity index is 675. The van der Waals surface area contributed by atoms with Gasteiger partial charge in [0.15, 0.2) is 0 Å². The highest BCUT2D eigenvalue weighted by atomic mass is 35.5. The molecule has 2 rings (SSSR count). The summed E-state index contributed by atoms with van der Waals surface area (Å²) in [7, 11) is 1.66. The standard InChI is InChI=1S/C16H16ClFN2O/c1-10(12-5-3-4-6-13(12)17)20(2)16(21)11-7-8-15(19)14(18)9-11/h3-10H,19H2,1-2H3. The minimum atomic E-state index is -0.598. The van der Waals surface area contributed by atoms with Gasteiger partial charge in [-0.1, -0.05) is 29.8 Å². The predicted octanol–water partition coefficient (Wildman–Crippen LogP) is 3.89. The summed E-state index contributed by atoms with van der Waals surface area (Å²) in [6.45, 7) is 1.87. The number of halogens is 2. The van der Waals surface area contributed by atoms with E-state index in [2.05, 4.69) is 0 Å². The number of nitrogens with two attached hydrogens (primary N) is 1. The van der Waals surface area contributed by atoms with E-state index in [1.807, 2.05) is 25.1 Å². The van der Waals surface area contributed by atoms with E-state index in [1.165, 1.54) is 17.0 Å². The van der Waals surface area contributed by atoms with Crippen LogP contribution in [0.15, 0.2) is 42.5 Å². The normalized spacial score (nSPS) is 12.0. The van der Waals surface area contributed by atoms with E-state index in [4.69, 9.17) is 17.3 Å². The SMILES string of the molecule is CC(c1ccccc1Cl)N(C)C(=O)c1ccc(N)c(F)c1. The number of nitrogens with zero attached hydrogens (tertiary/aromatic N) is 1. The second-order valence-corrected chi connectivity index (χ2v) is 5.26. The Morgan fingerprint density at radius 2 is 1.95 bits per heavy atom. The molecule has 2 aromatic carbocycles. The van der Waals surface area contributed by atoms with E-state index in [0.717, 1.165) is 11.6 Å². The molecule has 0 aromatic heterocycles. The minimum Gasteiger partial charge on any atom is -0.396 e. The van der Waals surface area contributed by atoms with Crippen LogP contribution in [0.1, 0.15) is 28.9 Å². The summed E-state index contributed by atoms with van der Waals surface area (Å²) in [5.41, 5.74) is 6.53. The van der Waals surface area contributed by atoms with Crippen LogP contribution < -0.4 is 5.73 Å². The Kier molecular flexibility index (Phi) is 4.48. The number of nitrogen functional groups attached to an aromatic ring is 1. The highest BCUT2D eigenvalue weighted by molar-refractivity contribution is 6.31. The third kappa shape index (κ3) is 3.16. The van der Waals surface area contributed by atoms with Crippen molar-refractivity contribution in [2.24, 2.45) is 0 Å². The lowest BCUT2D eigenvalue weighted by Gasteiger charge is -2.26. The lowest BCUT2D eigenvalue weighted by atomic mass is 10.1. The Hall–Kier alpha value is -2.07. The minimum absolute atomic E-state index is 0.0216. The fourth-order valence-corrected chi connectivity index (χ4v) is 2.36. The van der Waals surface area contributed by atoms with Crippen molar-refractivity contribution in [2.75, 3.05) is 12.8 Å². The molecule has 0 aliphatic heterocycles. The molecule has 3 nitrogen and oxygen atoms in total. The Morgan fingerprint density at radius 3 is 2.57 bits per heavy atom. The molecule has 110 valence electrons. The fourth-order valence-electron chi connectivity index (χ4n) is 2.06. The third-order valence-corrected chi connectivity index (χ3v) is 3.85. The Labute approximate surface area is 128 Å². The van der Waals surface area contributed by atoms with Crippen LogP contribution in [0.5, 0.6) is 0 Å². The smallest absolute Gasteiger partial charge is 0.254 e. The number of rotatable bonds is 3. The van der Waals surface area contributed by atoms with Gasteiger partial charge in [0.25, 0.3) is 5.91 Å². The maximum absolute atomic E-state index is 13.5. The largest absolute Gasteiger partial charge is 0.396 e. The highest BCUT2D eigenvalue weighted by Gasteiger charge is 2.21. The lowest BCUT2D eigenvalue weighted by molar-refractivity contribution is 0.0742. The van der Waals surface area contributed by atoms with Crippen molar-refractivity contribution in [1.29, 1.82) is 0 Å². The number of carbonyl (C=O) groups is 1. The summed E-state index contributed by atoms with van der Waals surface area (Å²) in [5, 5.41) is 0.591. The summed E-state index contributed by atoms with van der Waals surface area (Å²) in [6, 6.07) is 11.1. The average molecular weight is 307 g/mol. The molecule has 2 aromatic rings. The molecule has 0 radical (unpaired) electrons. The molecule has 0 bridgehead atoms. The molecule has 21 heavy (non-hydrogen) atoms. The first-order chi connectivity index (χ1) is 9.91. The van der Waals surface area contributed by atoms with Crippen molar-refractivity contribution < 1.29 is 9.18 Å². The highest BCUT2D eigenvalue weighted by Crippen LogP contribution is 2.27. The maximum atomic E-state index is 13.5. The fraction of sp³-hybridized carbons (Fsp3) is 0.188. The van der Waals surface area contributed by atoms with Crippen LogP contribution in [-0.4, -0.2) is 17.9 Å². The van der Waals surface area contributed by atoms with Gasteiger partial charge in [-0.2, -0.15) is 0 Å². The summed E-state index contributed by atoms with van der Waals surface area (Å²) in [6.07, 6.45) is 0. The van der Waals surface area contributed by atoms with E-state index in [0.29, 0.717) is 5.02 Å². The molecule has 1 atom stereocenters. The first-order valence-corrected chi connectivity index (χ1v) is 6.86. The van der Waals surface area contributed by atoms with Gasteiger partial charge in [-0.3, -0.25) is 4.79 Å². The van der Waals surface area contributed by atoms with E-state index < -0.39 is 5.82 Å². The summed E-state index contributed by atoms with van der Waals surface area (Å²) in [5.74, 6) is -0.888. The van der Waals surface area contributed by atoms with Crippen molar-refractivity contribution in [3.8, 4) is 0 Å². The monoisotopic (exact) mass is 306 g/mol. The molecule has 0 fully saturated rings. The van der Waals surface area contributed by atoms with Gasteiger partial charge in [0, 0.05) is 17.6 Å². The van der Waals surface area contributed by atoms with E-state index in [1.54, 1.807) is 13.1 Å². The van der Waals surface area contributed by atoms with Crippen molar-refractivity contribution >= 4 is 23.2 Å². The van der Waals surface area contributed by atoms with Crippen molar-refractivity contribution in [2.45, 2.75) is 13.0 Å². The maximum Gasteiger partial charge on any atom is 0.254 e. The summed E-state index contributed by atoms with van der Waals surface area (Å²) in [4.78, 5) is 13.9. The molecule has 0 saturated carbocycles. The molecule has 0 spiro atoms. The van der Waals surface area contributed by atoms with Gasteiger partial charge in [0.05, 0.1) is 11.7 Å². The van der Waals surface area contributed by atoms with Crippen LogP contribution in [0.3, 0.4) is 0 Å². The van der Waals surface area contributed by atoms with Gasteiger partial charge in [-0.05, 0) is 36.8 Å². The van der Waals surface area contributed by atoms with Crippen molar-refractivity contribution in [3.05, 3.63) is 64.4 Å². The number of hydrogen-bond acceptors (Lipinski definition) is 2. The average Bonchev–Trinajstić information content (AvgIpc) is 2.48. The first kappa shape index (κ1) is 15.3. The number of benzene rings is 2. The number of anilines is 1. The molecule has 0 aliphatic rings. The zero-order chi connectivity index (χ0) is 15.6. The third-order valence-electron chi connectivity index (χ3n) is 3.50. The number of carbonyl (C=O) groups excluding carboxylic acids is 1. The van der Waals surface area contributed by atoms with E-state index in [-0.39, 0.29) is 23.2 Å². The number of amides is 1. The Morgan fingerprint density at radius 1 is 1.29 bits per heavy atom. The van der Waals surface area contributed by atoms with Gasteiger partial charge >= 0.3 is 0 Å². The van der Waals surface area contributed by atoms with Crippen molar-refractivity contribution in [1.82, 2.24) is 4.90 Å². The molecule has 1 amide bonds. The Balaban J connectivity index is 2.26. The van der Waals surface area contributed by atoms with Crippen LogP contribution in [0.4, 0.5) is 10.1 Å². The molecule has 1 unspecified atom stereocenters. The summed E-state index contributed by atoms with van der Waals surface area (Å²) >= 11 is 6.15. The first-order valence-electron chi connectivity index (χ1n) is 6.48. The number of hydrogen-bond donors (Lipinski definition) is 1. The van der Waals surface area contributed by atoms with Crippen LogP contribution in [0.2, 0.25) is 5.02 Å². The van der Waals surface area contributed by atoms with E-state index >= 15 is 0 Å². The quantitative estimate of drug-likeness (QED) is 0.874. The zero-order valence-corrected chi connectivity index (χ0v) is 12.6.